The van der Waals surface area contributed by atoms with Gasteiger partial charge in [-0.2, -0.15) is 5.10 Å². The van der Waals surface area contributed by atoms with Gasteiger partial charge in [-0.05, 0) is 25.1 Å². The highest BCUT2D eigenvalue weighted by molar-refractivity contribution is 5.60. The van der Waals surface area contributed by atoms with E-state index in [4.69, 9.17) is 9.26 Å². The van der Waals surface area contributed by atoms with Crippen LogP contribution in [0.5, 0.6) is 0 Å². The van der Waals surface area contributed by atoms with E-state index in [9.17, 15) is 22.7 Å². The molecule has 0 aliphatic carbocycles. The molecule has 2 aromatic carbocycles. The van der Waals surface area contributed by atoms with Gasteiger partial charge in [0.25, 0.3) is 0 Å². The van der Waals surface area contributed by atoms with Crippen LogP contribution >= 0.6 is 0 Å². The molecule has 7 nitrogen and oxygen atoms in total. The third kappa shape index (κ3) is 4.64. The summed E-state index contributed by atoms with van der Waals surface area (Å²) in [5.41, 5.74) is -2.61. The summed E-state index contributed by atoms with van der Waals surface area (Å²) in [5, 5.41) is 19.0. The van der Waals surface area contributed by atoms with Crippen molar-refractivity contribution in [3.05, 3.63) is 89.7 Å². The van der Waals surface area contributed by atoms with Gasteiger partial charge in [0, 0.05) is 17.7 Å². The number of hydrogen-bond acceptors (Lipinski definition) is 6. The second-order valence-electron chi connectivity index (χ2n) is 7.37. The molecule has 1 N–H and O–H groups in total. The summed E-state index contributed by atoms with van der Waals surface area (Å²) in [7, 11) is 0. The molecule has 11 heteroatoms. The van der Waals surface area contributed by atoms with E-state index in [1.165, 1.54) is 36.4 Å². The van der Waals surface area contributed by atoms with Gasteiger partial charge in [-0.1, -0.05) is 17.3 Å². The first-order valence-corrected chi connectivity index (χ1v) is 9.80. The summed E-state index contributed by atoms with van der Waals surface area (Å²) in [5.74, 6) is -3.27. The van der Waals surface area contributed by atoms with E-state index in [-0.39, 0.29) is 35.7 Å². The van der Waals surface area contributed by atoms with E-state index in [1.54, 1.807) is 0 Å². The van der Waals surface area contributed by atoms with Crippen LogP contribution in [0, 0.1) is 23.3 Å². The Bertz CT molecular complexity index is 1230. The number of hydrogen-bond donors (Lipinski definition) is 1. The number of halogens is 4. The average molecular weight is 462 g/mol. The van der Waals surface area contributed by atoms with Crippen molar-refractivity contribution in [3.8, 4) is 11.3 Å². The summed E-state index contributed by atoms with van der Waals surface area (Å²) in [6.07, 6.45) is 1.50. The smallest absolute Gasteiger partial charge is 0.163 e. The van der Waals surface area contributed by atoms with E-state index < -0.39 is 35.0 Å². The van der Waals surface area contributed by atoms with Crippen LogP contribution in [0.3, 0.4) is 0 Å². The third-order valence-corrected chi connectivity index (χ3v) is 5.19. The molecule has 0 saturated carbocycles. The Kier molecular flexibility index (Phi) is 6.25. The monoisotopic (exact) mass is 462 g/mol. The number of nitrogens with zero attached hydrogens (tertiary/aromatic N) is 4. The number of ether oxygens (including phenoxy) is 1. The van der Waals surface area contributed by atoms with Crippen molar-refractivity contribution >= 4 is 0 Å². The van der Waals surface area contributed by atoms with Crippen LogP contribution in [-0.2, 0) is 23.5 Å². The zero-order chi connectivity index (χ0) is 23.6. The summed E-state index contributed by atoms with van der Waals surface area (Å²) in [6.45, 7) is 0.971. The molecule has 0 spiro atoms. The second-order valence-corrected chi connectivity index (χ2v) is 7.37. The van der Waals surface area contributed by atoms with Crippen molar-refractivity contribution in [2.24, 2.45) is 0 Å². The number of rotatable bonds is 8. The molecule has 0 aliphatic rings. The van der Waals surface area contributed by atoms with Gasteiger partial charge in [-0.15, -0.1) is 0 Å². The topological polar surface area (TPSA) is 86.2 Å². The van der Waals surface area contributed by atoms with Crippen LogP contribution < -0.4 is 0 Å². The fourth-order valence-corrected chi connectivity index (χ4v) is 3.42. The lowest BCUT2D eigenvalue weighted by Crippen LogP contribution is -2.44. The third-order valence-electron chi connectivity index (χ3n) is 5.19. The highest BCUT2D eigenvalue weighted by Crippen LogP contribution is 2.32. The molecule has 0 radical (unpaired) electrons. The van der Waals surface area contributed by atoms with Crippen molar-refractivity contribution in [2.75, 3.05) is 0 Å². The molecule has 2 aromatic heterocycles. The van der Waals surface area contributed by atoms with Crippen LogP contribution in [0.2, 0.25) is 0 Å². The van der Waals surface area contributed by atoms with E-state index >= 15 is 0 Å². The minimum absolute atomic E-state index is 0.0701. The van der Waals surface area contributed by atoms with Crippen LogP contribution in [0.1, 0.15) is 18.2 Å². The maximum Gasteiger partial charge on any atom is 0.163 e. The quantitative estimate of drug-likeness (QED) is 0.399. The molecule has 0 saturated heterocycles. The summed E-state index contributed by atoms with van der Waals surface area (Å²) in [6, 6.07) is 7.49. The maximum atomic E-state index is 14.6. The Hall–Kier alpha value is -3.57. The van der Waals surface area contributed by atoms with Crippen LogP contribution in [0.15, 0.2) is 59.6 Å². The fourth-order valence-electron chi connectivity index (χ4n) is 3.42. The zero-order valence-electron chi connectivity index (χ0n) is 17.3. The minimum atomic E-state index is -1.98. The van der Waals surface area contributed by atoms with Crippen molar-refractivity contribution in [3.63, 3.8) is 0 Å². The summed E-state index contributed by atoms with van der Waals surface area (Å²) >= 11 is 0. The second kappa shape index (κ2) is 9.12. The molecular weight excluding hydrogens is 444 g/mol. The van der Waals surface area contributed by atoms with E-state index in [0.29, 0.717) is 6.07 Å². The largest absolute Gasteiger partial charge is 0.380 e. The number of benzene rings is 2. The van der Waals surface area contributed by atoms with Crippen LogP contribution in [0.4, 0.5) is 17.6 Å². The lowest BCUT2D eigenvalue weighted by molar-refractivity contribution is -0.126. The lowest BCUT2D eigenvalue weighted by Gasteiger charge is -2.34. The van der Waals surface area contributed by atoms with Crippen molar-refractivity contribution in [1.29, 1.82) is 0 Å². The van der Waals surface area contributed by atoms with E-state index in [2.05, 4.69) is 15.2 Å². The maximum absolute atomic E-state index is 14.6. The Morgan fingerprint density at radius 3 is 2.52 bits per heavy atom. The van der Waals surface area contributed by atoms with Gasteiger partial charge in [0.1, 0.15) is 53.8 Å². The molecule has 4 rings (SSSR count). The average Bonchev–Trinajstić information content (AvgIpc) is 3.44. The van der Waals surface area contributed by atoms with Crippen LogP contribution in [0.25, 0.3) is 11.3 Å². The Labute approximate surface area is 185 Å². The number of aromatic nitrogens is 4. The minimum Gasteiger partial charge on any atom is -0.380 e. The molecule has 0 bridgehead atoms. The Balaban J connectivity index is 1.57. The standard InChI is InChI=1S/C22H18F4N4O3/c1-13(32-9-15-8-20(29-33-15)21-17(24)3-2-4-18(21)25)22(31,10-30-12-27-11-28-30)16-6-5-14(23)7-19(16)26/h2-8,11-13,31H,9-10H2,1H3/t13-,22?/m1/s1. The van der Waals surface area contributed by atoms with Crippen molar-refractivity contribution in [2.45, 2.75) is 31.8 Å². The molecule has 4 aromatic rings. The normalized spacial score (nSPS) is 14.2. The SMILES string of the molecule is C[C@@H](OCc1cc(-c2c(F)cccc2F)no1)C(O)(Cn1cncn1)c1ccc(F)cc1F. The first-order chi connectivity index (χ1) is 15.8. The van der Waals surface area contributed by atoms with Crippen LogP contribution in [-0.4, -0.2) is 31.1 Å². The van der Waals surface area contributed by atoms with Gasteiger partial charge in [0.2, 0.25) is 0 Å². The molecule has 33 heavy (non-hydrogen) atoms. The highest BCUT2D eigenvalue weighted by Gasteiger charge is 2.40. The predicted octanol–water partition coefficient (Wildman–Crippen LogP) is 3.98. The van der Waals surface area contributed by atoms with Gasteiger partial charge in [0.15, 0.2) is 5.76 Å². The molecule has 0 aliphatic heterocycles. The lowest BCUT2D eigenvalue weighted by atomic mass is 9.88. The molecular formula is C22H18F4N4O3. The predicted molar refractivity (Wildman–Crippen MR) is 106 cm³/mol. The van der Waals surface area contributed by atoms with Gasteiger partial charge in [0.05, 0.1) is 18.2 Å². The van der Waals surface area contributed by atoms with Gasteiger partial charge >= 0.3 is 0 Å². The summed E-state index contributed by atoms with van der Waals surface area (Å²) < 4.78 is 68.0. The van der Waals surface area contributed by atoms with Crippen molar-refractivity contribution in [1.82, 2.24) is 19.9 Å². The molecule has 2 heterocycles. The van der Waals surface area contributed by atoms with E-state index in [1.807, 2.05) is 0 Å². The fraction of sp³-hybridized carbons (Fsp3) is 0.227. The first kappa shape index (κ1) is 22.6. The number of aliphatic hydroxyl groups is 1. The van der Waals surface area contributed by atoms with Gasteiger partial charge in [-0.3, -0.25) is 0 Å². The van der Waals surface area contributed by atoms with E-state index in [0.717, 1.165) is 24.3 Å². The Morgan fingerprint density at radius 1 is 1.09 bits per heavy atom. The molecule has 0 amide bonds. The highest BCUT2D eigenvalue weighted by atomic mass is 19.1. The van der Waals surface area contributed by atoms with Crippen molar-refractivity contribution < 1.29 is 31.9 Å². The van der Waals surface area contributed by atoms with Gasteiger partial charge in [-0.25, -0.2) is 27.2 Å². The molecule has 172 valence electrons. The Morgan fingerprint density at radius 2 is 1.85 bits per heavy atom. The van der Waals surface area contributed by atoms with Gasteiger partial charge < -0.3 is 14.4 Å². The molecule has 0 fully saturated rings. The molecule has 1 unspecified atom stereocenters. The summed E-state index contributed by atoms with van der Waals surface area (Å²) in [4.78, 5) is 3.80. The first-order valence-electron chi connectivity index (χ1n) is 9.80. The zero-order valence-corrected chi connectivity index (χ0v) is 17.3. The molecule has 2 atom stereocenters.